The monoisotopic (exact) mass is 371 g/mol. The van der Waals surface area contributed by atoms with Crippen LogP contribution in [0.25, 0.3) is 0 Å². The van der Waals surface area contributed by atoms with E-state index < -0.39 is 11.4 Å². The molecule has 0 radical (unpaired) electrons. The van der Waals surface area contributed by atoms with E-state index in [1.165, 1.54) is 18.2 Å². The fourth-order valence-corrected chi connectivity index (χ4v) is 2.42. The average molecular weight is 372 g/mol. The molecule has 0 spiro atoms. The third-order valence-corrected chi connectivity index (χ3v) is 3.69. The Kier molecular flexibility index (Phi) is 6.11. The first-order chi connectivity index (χ1) is 11.7. The summed E-state index contributed by atoms with van der Waals surface area (Å²) in [4.78, 5) is 17.8. The van der Waals surface area contributed by atoms with Crippen molar-refractivity contribution in [3.05, 3.63) is 24.0 Å². The van der Waals surface area contributed by atoms with Gasteiger partial charge in [0.2, 0.25) is 0 Å². The highest BCUT2D eigenvalue weighted by Crippen LogP contribution is 2.31. The summed E-state index contributed by atoms with van der Waals surface area (Å²) < 4.78 is 24.7. The van der Waals surface area contributed by atoms with E-state index >= 15 is 0 Å². The largest absolute Gasteiger partial charge is 0.486 e. The quantitative estimate of drug-likeness (QED) is 0.499. The summed E-state index contributed by atoms with van der Waals surface area (Å²) in [6.45, 7) is 6.38. The highest BCUT2D eigenvalue weighted by molar-refractivity contribution is 6.28. The molecule has 8 heteroatoms. The minimum Gasteiger partial charge on any atom is -0.486 e. The topological polar surface area (TPSA) is 77.1 Å². The van der Waals surface area contributed by atoms with Gasteiger partial charge in [0.1, 0.15) is 34.8 Å². The molecule has 1 aliphatic rings. The molecule has 1 amide bonds. The Balaban J connectivity index is 2.05. The van der Waals surface area contributed by atoms with Crippen LogP contribution in [-0.4, -0.2) is 47.5 Å². The number of hydrogen-bond acceptors (Lipinski definition) is 4. The summed E-state index contributed by atoms with van der Waals surface area (Å²) in [5.74, 6) is 0.144. The molecule has 1 atom stereocenters. The lowest BCUT2D eigenvalue weighted by Gasteiger charge is -2.24. The average Bonchev–Trinajstić information content (AvgIpc) is 2.97. The van der Waals surface area contributed by atoms with Crippen molar-refractivity contribution in [2.75, 3.05) is 19.0 Å². The van der Waals surface area contributed by atoms with Gasteiger partial charge in [-0.25, -0.2) is 14.2 Å². The second kappa shape index (κ2) is 7.91. The van der Waals surface area contributed by atoms with Gasteiger partial charge in [-0.1, -0.05) is 0 Å². The molecule has 1 heterocycles. The van der Waals surface area contributed by atoms with E-state index in [4.69, 9.17) is 26.8 Å². The molecule has 1 aromatic carbocycles. The van der Waals surface area contributed by atoms with Crippen molar-refractivity contribution < 1.29 is 18.7 Å². The molecule has 6 nitrogen and oxygen atoms in total. The molecule has 1 saturated heterocycles. The number of aliphatic imine (C=N–C) groups is 1. The Bertz CT molecular complexity index is 661. The first-order valence-corrected chi connectivity index (χ1v) is 8.54. The minimum absolute atomic E-state index is 0.0335. The number of carbonyl (C=O) groups is 1. The number of benzene rings is 1. The van der Waals surface area contributed by atoms with Crippen LogP contribution in [0.2, 0.25) is 0 Å². The Morgan fingerprint density at radius 2 is 2.20 bits per heavy atom. The van der Waals surface area contributed by atoms with Crippen molar-refractivity contribution in [2.45, 2.75) is 38.9 Å². The summed E-state index contributed by atoms with van der Waals surface area (Å²) in [5, 5.41) is 0. The van der Waals surface area contributed by atoms with Crippen LogP contribution in [-0.2, 0) is 4.74 Å². The van der Waals surface area contributed by atoms with Crippen LogP contribution in [0.4, 0.5) is 14.9 Å². The lowest BCUT2D eigenvalue weighted by Crippen LogP contribution is -2.36. The third kappa shape index (κ3) is 5.77. The number of amides is 1. The van der Waals surface area contributed by atoms with Crippen molar-refractivity contribution in [2.24, 2.45) is 10.7 Å². The summed E-state index contributed by atoms with van der Waals surface area (Å²) in [6, 6.07) is 4.01. The second-order valence-corrected chi connectivity index (χ2v) is 7.07. The van der Waals surface area contributed by atoms with E-state index in [1.807, 2.05) is 20.8 Å². The van der Waals surface area contributed by atoms with E-state index in [0.29, 0.717) is 25.3 Å². The summed E-state index contributed by atoms with van der Waals surface area (Å²) >= 11 is 5.62. The number of ether oxygens (including phenoxy) is 2. The number of nitrogens with two attached hydrogens (primary N) is 1. The zero-order chi connectivity index (χ0) is 18.6. The van der Waals surface area contributed by atoms with Gasteiger partial charge in [-0.15, -0.1) is 11.6 Å². The SMILES string of the molecule is CC(C)(C)OC(=O)N1CCC(Oc2ccc(F)cc2N=C(N)CCl)C1. The highest BCUT2D eigenvalue weighted by atomic mass is 35.5. The molecule has 1 unspecified atom stereocenters. The molecular weight excluding hydrogens is 349 g/mol. The molecule has 1 aromatic rings. The molecule has 0 aromatic heterocycles. The van der Waals surface area contributed by atoms with Crippen LogP contribution in [0, 0.1) is 5.82 Å². The van der Waals surface area contributed by atoms with Gasteiger partial charge in [0, 0.05) is 19.0 Å². The van der Waals surface area contributed by atoms with Crippen molar-refractivity contribution in [1.29, 1.82) is 0 Å². The van der Waals surface area contributed by atoms with Gasteiger partial charge in [-0.3, -0.25) is 0 Å². The number of hydrogen-bond donors (Lipinski definition) is 1. The zero-order valence-corrected chi connectivity index (χ0v) is 15.3. The number of carbonyl (C=O) groups excluding carboxylic acids is 1. The van der Waals surface area contributed by atoms with E-state index in [-0.39, 0.29) is 29.6 Å². The van der Waals surface area contributed by atoms with Gasteiger partial charge in [0.25, 0.3) is 0 Å². The van der Waals surface area contributed by atoms with Crippen LogP contribution in [0.1, 0.15) is 27.2 Å². The molecule has 1 aliphatic heterocycles. The van der Waals surface area contributed by atoms with Gasteiger partial charge in [-0.2, -0.15) is 0 Å². The Morgan fingerprint density at radius 3 is 2.84 bits per heavy atom. The van der Waals surface area contributed by atoms with E-state index in [0.717, 1.165) is 0 Å². The highest BCUT2D eigenvalue weighted by Gasteiger charge is 2.31. The molecular formula is C17H23ClFN3O3. The smallest absolute Gasteiger partial charge is 0.410 e. The molecule has 0 saturated carbocycles. The zero-order valence-electron chi connectivity index (χ0n) is 14.6. The van der Waals surface area contributed by atoms with Crippen LogP contribution in [0.3, 0.4) is 0 Å². The molecule has 2 N–H and O–H groups in total. The van der Waals surface area contributed by atoms with Gasteiger partial charge in [0.05, 0.1) is 12.4 Å². The van der Waals surface area contributed by atoms with Gasteiger partial charge in [-0.05, 0) is 32.9 Å². The van der Waals surface area contributed by atoms with Gasteiger partial charge in [0.15, 0.2) is 0 Å². The normalized spacial score (nSPS) is 18.4. The Labute approximate surface area is 151 Å². The van der Waals surface area contributed by atoms with Gasteiger partial charge >= 0.3 is 6.09 Å². The molecule has 138 valence electrons. The first kappa shape index (κ1) is 19.3. The molecule has 0 aliphatic carbocycles. The first-order valence-electron chi connectivity index (χ1n) is 8.01. The van der Waals surface area contributed by atoms with Crippen LogP contribution in [0.15, 0.2) is 23.2 Å². The molecule has 0 bridgehead atoms. The number of amidine groups is 1. The van der Waals surface area contributed by atoms with Crippen LogP contribution >= 0.6 is 11.6 Å². The third-order valence-electron chi connectivity index (χ3n) is 3.41. The maximum atomic E-state index is 13.5. The van der Waals surface area contributed by atoms with Crippen LogP contribution in [0.5, 0.6) is 5.75 Å². The lowest BCUT2D eigenvalue weighted by atomic mass is 10.2. The van der Waals surface area contributed by atoms with Gasteiger partial charge < -0.3 is 20.1 Å². The maximum Gasteiger partial charge on any atom is 0.410 e. The Hall–Kier alpha value is -2.02. The van der Waals surface area contributed by atoms with E-state index in [2.05, 4.69) is 4.99 Å². The van der Waals surface area contributed by atoms with Crippen molar-refractivity contribution >= 4 is 29.2 Å². The minimum atomic E-state index is -0.548. The van der Waals surface area contributed by atoms with E-state index in [9.17, 15) is 9.18 Å². The number of rotatable bonds is 4. The van der Waals surface area contributed by atoms with Crippen LogP contribution < -0.4 is 10.5 Å². The summed E-state index contributed by atoms with van der Waals surface area (Å²) in [5.41, 5.74) is 5.35. The number of halogens is 2. The maximum absolute atomic E-state index is 13.5. The molecule has 1 fully saturated rings. The molecule has 25 heavy (non-hydrogen) atoms. The fourth-order valence-electron chi connectivity index (χ4n) is 2.36. The predicted octanol–water partition coefficient (Wildman–Crippen LogP) is 3.44. The number of nitrogens with zero attached hydrogens (tertiary/aromatic N) is 2. The number of alkyl halides is 1. The standard InChI is InChI=1S/C17H23ClFN3O3/c1-17(2,3)25-16(23)22-7-6-12(10-22)24-14-5-4-11(19)8-13(14)21-15(20)9-18/h4-5,8,12H,6-7,9-10H2,1-3H3,(H2,20,21). The van der Waals surface area contributed by atoms with Crippen molar-refractivity contribution in [3.63, 3.8) is 0 Å². The summed E-state index contributed by atoms with van der Waals surface area (Å²) in [7, 11) is 0. The second-order valence-electron chi connectivity index (χ2n) is 6.80. The van der Waals surface area contributed by atoms with Crippen molar-refractivity contribution in [1.82, 2.24) is 4.90 Å². The summed E-state index contributed by atoms with van der Waals surface area (Å²) in [6.07, 6.45) is 0.0385. The lowest BCUT2D eigenvalue weighted by molar-refractivity contribution is 0.0276. The fraction of sp³-hybridized carbons (Fsp3) is 0.529. The number of likely N-dealkylation sites (tertiary alicyclic amines) is 1. The Morgan fingerprint density at radius 1 is 1.48 bits per heavy atom. The predicted molar refractivity (Wildman–Crippen MR) is 95.2 cm³/mol. The van der Waals surface area contributed by atoms with E-state index in [1.54, 1.807) is 4.90 Å². The molecule has 2 rings (SSSR count). The van der Waals surface area contributed by atoms with Crippen molar-refractivity contribution in [3.8, 4) is 5.75 Å².